The molecule has 1 saturated heterocycles. The number of nitrogens with one attached hydrogen (secondary N) is 4. The highest BCUT2D eigenvalue weighted by atomic mass is 16.3. The van der Waals surface area contributed by atoms with E-state index in [4.69, 9.17) is 5.73 Å². The van der Waals surface area contributed by atoms with Gasteiger partial charge in [-0.25, -0.2) is 15.0 Å². The van der Waals surface area contributed by atoms with Crippen molar-refractivity contribution in [2.75, 3.05) is 13.1 Å². The molecule has 1 fully saturated rings. The first kappa shape index (κ1) is 32.1. The largest absolute Gasteiger partial charge is 0.391 e. The number of nitrogens with two attached hydrogens (primary N) is 1. The average Bonchev–Trinajstić information content (AvgIpc) is 2.94. The molecule has 0 radical (unpaired) electrons. The molecule has 3 rings (SSSR count). The Morgan fingerprint density at radius 3 is 2.21 bits per heavy atom. The summed E-state index contributed by atoms with van der Waals surface area (Å²) in [6.07, 6.45) is 1.39. The summed E-state index contributed by atoms with van der Waals surface area (Å²) >= 11 is 0. The summed E-state index contributed by atoms with van der Waals surface area (Å²) in [5.74, 6) is -1.08. The number of hydrazone groups is 1. The zero-order chi connectivity index (χ0) is 30.5. The lowest BCUT2D eigenvalue weighted by Crippen LogP contribution is -2.59. The van der Waals surface area contributed by atoms with Gasteiger partial charge >= 0.3 is 12.1 Å². The third kappa shape index (κ3) is 10.2. The normalized spacial score (nSPS) is 16.3. The van der Waals surface area contributed by atoms with Crippen LogP contribution in [0.5, 0.6) is 0 Å². The van der Waals surface area contributed by atoms with Gasteiger partial charge in [0.15, 0.2) is 0 Å². The lowest BCUT2D eigenvalue weighted by Gasteiger charge is -2.37. The molecule has 1 heterocycles. The van der Waals surface area contributed by atoms with E-state index in [2.05, 4.69) is 21.1 Å². The summed E-state index contributed by atoms with van der Waals surface area (Å²) in [4.78, 5) is 51.3. The van der Waals surface area contributed by atoms with Crippen LogP contribution in [0.1, 0.15) is 37.8 Å². The number of urea groups is 2. The number of hydrogen-bond donors (Lipinski definition) is 6. The molecular weight excluding hydrogens is 538 g/mol. The quantitative estimate of drug-likeness (QED) is 0.146. The minimum Gasteiger partial charge on any atom is -0.391 e. The van der Waals surface area contributed by atoms with Crippen LogP contribution in [0.4, 0.5) is 9.59 Å². The van der Waals surface area contributed by atoms with Gasteiger partial charge in [-0.1, -0.05) is 74.5 Å². The minimum atomic E-state index is -1.07. The van der Waals surface area contributed by atoms with E-state index in [0.29, 0.717) is 25.9 Å². The van der Waals surface area contributed by atoms with E-state index in [-0.39, 0.29) is 24.3 Å². The molecule has 2 aromatic rings. The van der Waals surface area contributed by atoms with Crippen LogP contribution in [0.2, 0.25) is 0 Å². The molecule has 1 aliphatic rings. The molecule has 0 unspecified atom stereocenters. The number of rotatable bonds is 14. The van der Waals surface area contributed by atoms with Crippen LogP contribution in [0.3, 0.4) is 0 Å². The van der Waals surface area contributed by atoms with Crippen molar-refractivity contribution >= 4 is 30.1 Å². The van der Waals surface area contributed by atoms with Crippen molar-refractivity contribution in [3.05, 3.63) is 71.8 Å². The summed E-state index contributed by atoms with van der Waals surface area (Å²) in [7, 11) is 0. The molecule has 0 saturated carbocycles. The molecule has 12 heteroatoms. The molecule has 12 nitrogen and oxygen atoms in total. The van der Waals surface area contributed by atoms with Crippen molar-refractivity contribution < 1.29 is 24.3 Å². The minimum absolute atomic E-state index is 0.117. The zero-order valence-corrected chi connectivity index (χ0v) is 24.0. The third-order valence-corrected chi connectivity index (χ3v) is 6.99. The van der Waals surface area contributed by atoms with Gasteiger partial charge in [-0.2, -0.15) is 5.10 Å². The Morgan fingerprint density at radius 1 is 1.02 bits per heavy atom. The van der Waals surface area contributed by atoms with E-state index >= 15 is 0 Å². The molecule has 0 bridgehead atoms. The van der Waals surface area contributed by atoms with Gasteiger partial charge in [0, 0.05) is 19.1 Å². The maximum atomic E-state index is 13.7. The van der Waals surface area contributed by atoms with Crippen molar-refractivity contribution in [1.82, 2.24) is 26.3 Å². The number of carbonyl (C=O) groups is 4. The first-order chi connectivity index (χ1) is 20.1. The summed E-state index contributed by atoms with van der Waals surface area (Å²) in [6, 6.07) is 15.8. The molecule has 6 amide bonds. The SMILES string of the molecule is CC(C)[C@@H](C(=O)N[C@@H](Cc1ccccc1)C[C@H](O)[C@H](Cc1ccccc1)NC(=O)/C=N/NC(N)=O)N1CCCNC1=O. The lowest BCUT2D eigenvalue weighted by molar-refractivity contribution is -0.128. The van der Waals surface area contributed by atoms with Gasteiger partial charge < -0.3 is 31.7 Å². The Kier molecular flexibility index (Phi) is 12.3. The number of benzene rings is 2. The summed E-state index contributed by atoms with van der Waals surface area (Å²) in [5.41, 5.74) is 8.79. The molecular formula is C30H41N7O5. The number of aliphatic hydroxyl groups is 1. The van der Waals surface area contributed by atoms with Gasteiger partial charge in [0.05, 0.1) is 12.1 Å². The highest BCUT2D eigenvalue weighted by Gasteiger charge is 2.35. The van der Waals surface area contributed by atoms with E-state index in [1.54, 1.807) is 4.90 Å². The maximum Gasteiger partial charge on any atom is 0.332 e. The molecule has 42 heavy (non-hydrogen) atoms. The second kappa shape index (κ2) is 16.1. The van der Waals surface area contributed by atoms with Crippen molar-refractivity contribution in [2.24, 2.45) is 16.8 Å². The van der Waals surface area contributed by atoms with Gasteiger partial charge in [-0.3, -0.25) is 9.59 Å². The third-order valence-electron chi connectivity index (χ3n) is 6.99. The van der Waals surface area contributed by atoms with Crippen molar-refractivity contribution in [1.29, 1.82) is 0 Å². The van der Waals surface area contributed by atoms with Gasteiger partial charge in [-0.15, -0.1) is 0 Å². The van der Waals surface area contributed by atoms with Gasteiger partial charge in [0.1, 0.15) is 12.3 Å². The fourth-order valence-corrected chi connectivity index (χ4v) is 5.08. The van der Waals surface area contributed by atoms with Crippen LogP contribution in [0, 0.1) is 5.92 Å². The van der Waals surface area contributed by atoms with Crippen LogP contribution in [-0.2, 0) is 22.4 Å². The van der Waals surface area contributed by atoms with Crippen molar-refractivity contribution in [3.63, 3.8) is 0 Å². The van der Waals surface area contributed by atoms with E-state index in [1.807, 2.05) is 79.9 Å². The summed E-state index contributed by atoms with van der Waals surface area (Å²) < 4.78 is 0. The predicted molar refractivity (Wildman–Crippen MR) is 159 cm³/mol. The fourth-order valence-electron chi connectivity index (χ4n) is 5.08. The topological polar surface area (TPSA) is 178 Å². The second-order valence-electron chi connectivity index (χ2n) is 10.7. The Bertz CT molecular complexity index is 1210. The van der Waals surface area contributed by atoms with E-state index in [9.17, 15) is 24.3 Å². The van der Waals surface area contributed by atoms with Crippen LogP contribution in [0.15, 0.2) is 65.8 Å². The zero-order valence-electron chi connectivity index (χ0n) is 24.0. The number of aliphatic hydroxyl groups excluding tert-OH is 1. The Balaban J connectivity index is 1.82. The first-order valence-corrected chi connectivity index (χ1v) is 14.1. The Hall–Kier alpha value is -4.45. The highest BCUT2D eigenvalue weighted by molar-refractivity contribution is 6.26. The second-order valence-corrected chi connectivity index (χ2v) is 10.7. The van der Waals surface area contributed by atoms with E-state index in [1.165, 1.54) is 0 Å². The number of hydrogen-bond acceptors (Lipinski definition) is 6. The monoisotopic (exact) mass is 579 g/mol. The van der Waals surface area contributed by atoms with Crippen LogP contribution >= 0.6 is 0 Å². The first-order valence-electron chi connectivity index (χ1n) is 14.1. The van der Waals surface area contributed by atoms with Crippen LogP contribution < -0.4 is 27.1 Å². The van der Waals surface area contributed by atoms with Gasteiger partial charge in [0.25, 0.3) is 5.91 Å². The smallest absolute Gasteiger partial charge is 0.332 e. The standard InChI is InChI=1S/C30H41N7O5/c1-20(2)27(37-15-9-14-32-30(37)42)28(40)34-23(16-21-10-5-3-6-11-21)18-25(38)24(17-22-12-7-4-8-13-22)35-26(39)19-33-36-29(31)41/h3-8,10-13,19-20,23-25,27,38H,9,14-18H2,1-2H3,(H,32,42)(H,34,40)(H,35,39)(H3,31,36,41)/b33-19+/t23-,24-,25-,27-/m0/s1. The Labute approximate surface area is 246 Å². The summed E-state index contributed by atoms with van der Waals surface area (Å²) in [5, 5.41) is 23.6. The average molecular weight is 580 g/mol. The lowest BCUT2D eigenvalue weighted by atomic mass is 9.92. The number of primary amides is 1. The number of carbonyl (C=O) groups excluding carboxylic acids is 4. The predicted octanol–water partition coefficient (Wildman–Crippen LogP) is 1.29. The van der Waals surface area contributed by atoms with Crippen LogP contribution in [0.25, 0.3) is 0 Å². The number of nitrogens with zero attached hydrogens (tertiary/aromatic N) is 2. The van der Waals surface area contributed by atoms with Gasteiger partial charge in [0.2, 0.25) is 5.91 Å². The van der Waals surface area contributed by atoms with Crippen molar-refractivity contribution in [2.45, 2.75) is 63.8 Å². The van der Waals surface area contributed by atoms with E-state index in [0.717, 1.165) is 23.8 Å². The number of amides is 6. The molecule has 7 N–H and O–H groups in total. The molecule has 1 aliphatic heterocycles. The maximum absolute atomic E-state index is 13.7. The summed E-state index contributed by atoms with van der Waals surface area (Å²) in [6.45, 7) is 4.84. The fraction of sp³-hybridized carbons (Fsp3) is 0.433. The van der Waals surface area contributed by atoms with Crippen LogP contribution in [-0.4, -0.2) is 77.4 Å². The highest BCUT2D eigenvalue weighted by Crippen LogP contribution is 2.18. The van der Waals surface area contributed by atoms with Crippen molar-refractivity contribution in [3.8, 4) is 0 Å². The molecule has 0 aromatic heterocycles. The van der Waals surface area contributed by atoms with Gasteiger partial charge in [-0.05, 0) is 42.7 Å². The van der Waals surface area contributed by atoms with E-state index < -0.39 is 36.2 Å². The molecule has 2 aromatic carbocycles. The molecule has 4 atom stereocenters. The molecule has 0 aliphatic carbocycles. The molecule has 226 valence electrons. The Morgan fingerprint density at radius 2 is 1.64 bits per heavy atom. The molecule has 0 spiro atoms.